The summed E-state index contributed by atoms with van der Waals surface area (Å²) >= 11 is 6.16. The van der Waals surface area contributed by atoms with E-state index >= 15 is 0 Å². The lowest BCUT2D eigenvalue weighted by Gasteiger charge is -2.14. The van der Waals surface area contributed by atoms with Gasteiger partial charge in [0.05, 0.1) is 16.1 Å². The Bertz CT molecular complexity index is 717. The zero-order chi connectivity index (χ0) is 16.4. The van der Waals surface area contributed by atoms with Crippen LogP contribution < -0.4 is 5.32 Å². The van der Waals surface area contributed by atoms with Gasteiger partial charge in [0, 0.05) is 25.2 Å². The summed E-state index contributed by atoms with van der Waals surface area (Å²) in [5.41, 5.74) is 1.15. The zero-order valence-electron chi connectivity index (χ0n) is 13.4. The number of hydrogen-bond donors (Lipinski definition) is 1. The van der Waals surface area contributed by atoms with E-state index in [4.69, 9.17) is 11.6 Å². The predicted molar refractivity (Wildman–Crippen MR) is 91.4 cm³/mol. The number of carbonyl (C=O) groups is 1. The third kappa shape index (κ3) is 3.52. The van der Waals surface area contributed by atoms with Crippen LogP contribution in [-0.4, -0.2) is 17.0 Å². The molecule has 1 aliphatic rings. The molecule has 1 N–H and O–H groups in total. The highest BCUT2D eigenvalue weighted by Crippen LogP contribution is 2.30. The summed E-state index contributed by atoms with van der Waals surface area (Å²) in [7, 11) is 1.79. The quantitative estimate of drug-likeness (QED) is 0.812. The number of hydrogen-bond acceptors (Lipinski definition) is 1. The van der Waals surface area contributed by atoms with Gasteiger partial charge in [-0.3, -0.25) is 4.79 Å². The summed E-state index contributed by atoms with van der Waals surface area (Å²) in [5, 5.41) is 3.94. The second-order valence-corrected chi connectivity index (χ2v) is 6.91. The van der Waals surface area contributed by atoms with Crippen LogP contribution in [0.2, 0.25) is 5.02 Å². The van der Waals surface area contributed by atoms with E-state index in [1.807, 2.05) is 0 Å². The Hall–Kier alpha value is -1.55. The SMILES string of the molecule is Cn1cc(C(=O)NCC2CCCCCC2)c2c(Cl)cc(F)cc21. The number of aryl methyl sites for hydroxylation is 1. The van der Waals surface area contributed by atoms with Crippen LogP contribution in [0.5, 0.6) is 0 Å². The summed E-state index contributed by atoms with van der Waals surface area (Å²) in [5.74, 6) is 0.0341. The van der Waals surface area contributed by atoms with E-state index in [-0.39, 0.29) is 10.9 Å². The number of fused-ring (bicyclic) bond motifs is 1. The topological polar surface area (TPSA) is 34.0 Å². The van der Waals surface area contributed by atoms with Gasteiger partial charge in [0.15, 0.2) is 0 Å². The molecular weight excluding hydrogens is 315 g/mol. The first-order valence-corrected chi connectivity index (χ1v) is 8.66. The van der Waals surface area contributed by atoms with Crippen molar-refractivity contribution >= 4 is 28.4 Å². The molecule has 124 valence electrons. The minimum atomic E-state index is -0.394. The second kappa shape index (κ2) is 6.91. The molecule has 0 spiro atoms. The molecule has 1 saturated carbocycles. The molecule has 5 heteroatoms. The normalized spacial score (nSPS) is 16.5. The fraction of sp³-hybridized carbons (Fsp3) is 0.500. The highest BCUT2D eigenvalue weighted by Gasteiger charge is 2.19. The van der Waals surface area contributed by atoms with Gasteiger partial charge in [-0.05, 0) is 30.9 Å². The number of benzene rings is 1. The zero-order valence-corrected chi connectivity index (χ0v) is 14.1. The van der Waals surface area contributed by atoms with Gasteiger partial charge in [-0.1, -0.05) is 37.3 Å². The molecule has 1 heterocycles. The molecule has 1 aromatic heterocycles. The second-order valence-electron chi connectivity index (χ2n) is 6.50. The van der Waals surface area contributed by atoms with Crippen LogP contribution in [0.4, 0.5) is 4.39 Å². The lowest BCUT2D eigenvalue weighted by molar-refractivity contribution is 0.0947. The van der Waals surface area contributed by atoms with Crippen molar-refractivity contribution in [3.63, 3.8) is 0 Å². The Labute approximate surface area is 140 Å². The van der Waals surface area contributed by atoms with Gasteiger partial charge in [0.25, 0.3) is 5.91 Å². The molecule has 23 heavy (non-hydrogen) atoms. The Morgan fingerprint density at radius 2 is 2.00 bits per heavy atom. The molecule has 2 aromatic rings. The van der Waals surface area contributed by atoms with Crippen molar-refractivity contribution in [3.8, 4) is 0 Å². The highest BCUT2D eigenvalue weighted by molar-refractivity contribution is 6.36. The minimum absolute atomic E-state index is 0.131. The van der Waals surface area contributed by atoms with Gasteiger partial charge in [-0.15, -0.1) is 0 Å². The van der Waals surface area contributed by atoms with E-state index < -0.39 is 5.82 Å². The molecule has 0 saturated heterocycles. The summed E-state index contributed by atoms with van der Waals surface area (Å²) in [4.78, 5) is 12.6. The molecule has 1 amide bonds. The van der Waals surface area contributed by atoms with E-state index in [0.29, 0.717) is 28.9 Å². The van der Waals surface area contributed by atoms with Crippen molar-refractivity contribution in [3.05, 3.63) is 34.7 Å². The number of aromatic nitrogens is 1. The third-order valence-electron chi connectivity index (χ3n) is 4.78. The van der Waals surface area contributed by atoms with Gasteiger partial charge < -0.3 is 9.88 Å². The molecule has 3 nitrogen and oxygen atoms in total. The maximum absolute atomic E-state index is 13.5. The minimum Gasteiger partial charge on any atom is -0.352 e. The first-order valence-electron chi connectivity index (χ1n) is 8.28. The van der Waals surface area contributed by atoms with Crippen LogP contribution in [0.3, 0.4) is 0 Å². The fourth-order valence-corrected chi connectivity index (χ4v) is 3.81. The van der Waals surface area contributed by atoms with Crippen molar-refractivity contribution in [2.45, 2.75) is 38.5 Å². The predicted octanol–water partition coefficient (Wildman–Crippen LogP) is 4.67. The van der Waals surface area contributed by atoms with Crippen molar-refractivity contribution in [1.29, 1.82) is 0 Å². The average molecular weight is 337 g/mol. The standard InChI is InChI=1S/C18H22ClFN2O/c1-22-11-14(17-15(19)8-13(20)9-16(17)22)18(23)21-10-12-6-4-2-3-5-7-12/h8-9,11-12H,2-7,10H2,1H3,(H,21,23). The first-order chi connectivity index (χ1) is 11.1. The van der Waals surface area contributed by atoms with E-state index in [1.54, 1.807) is 17.8 Å². The van der Waals surface area contributed by atoms with Gasteiger partial charge in [-0.25, -0.2) is 4.39 Å². The summed E-state index contributed by atoms with van der Waals surface area (Å²) < 4.78 is 15.3. The Balaban J connectivity index is 1.78. The lowest BCUT2D eigenvalue weighted by Crippen LogP contribution is -2.29. The summed E-state index contributed by atoms with van der Waals surface area (Å²) in [6.07, 6.45) is 9.19. The largest absolute Gasteiger partial charge is 0.352 e. The number of halogens is 2. The van der Waals surface area contributed by atoms with Crippen LogP contribution in [0.1, 0.15) is 48.9 Å². The number of carbonyl (C=O) groups excluding carboxylic acids is 1. The number of nitrogens with zero attached hydrogens (tertiary/aromatic N) is 1. The van der Waals surface area contributed by atoms with Crippen molar-refractivity contribution in [2.24, 2.45) is 13.0 Å². The smallest absolute Gasteiger partial charge is 0.253 e. The molecule has 0 bridgehead atoms. The van der Waals surface area contributed by atoms with Gasteiger partial charge in [-0.2, -0.15) is 0 Å². The van der Waals surface area contributed by atoms with Crippen LogP contribution in [0.15, 0.2) is 18.3 Å². The van der Waals surface area contributed by atoms with Crippen LogP contribution >= 0.6 is 11.6 Å². The molecule has 1 fully saturated rings. The lowest BCUT2D eigenvalue weighted by atomic mass is 10.0. The maximum Gasteiger partial charge on any atom is 0.253 e. The molecule has 0 unspecified atom stereocenters. The van der Waals surface area contributed by atoms with E-state index in [9.17, 15) is 9.18 Å². The number of amides is 1. The van der Waals surface area contributed by atoms with Crippen LogP contribution in [0.25, 0.3) is 10.9 Å². The van der Waals surface area contributed by atoms with Gasteiger partial charge >= 0.3 is 0 Å². The van der Waals surface area contributed by atoms with Crippen molar-refractivity contribution in [2.75, 3.05) is 6.54 Å². The van der Waals surface area contributed by atoms with E-state index in [0.717, 1.165) is 0 Å². The third-order valence-corrected chi connectivity index (χ3v) is 5.08. The average Bonchev–Trinajstić information content (AvgIpc) is 2.71. The van der Waals surface area contributed by atoms with Crippen LogP contribution in [0, 0.1) is 11.7 Å². The maximum atomic E-state index is 13.5. The van der Waals surface area contributed by atoms with E-state index in [2.05, 4.69) is 5.32 Å². The highest BCUT2D eigenvalue weighted by atomic mass is 35.5. The van der Waals surface area contributed by atoms with Gasteiger partial charge in [0.1, 0.15) is 5.82 Å². The van der Waals surface area contributed by atoms with Crippen molar-refractivity contribution in [1.82, 2.24) is 9.88 Å². The van der Waals surface area contributed by atoms with Gasteiger partial charge in [0.2, 0.25) is 0 Å². The Morgan fingerprint density at radius 3 is 2.70 bits per heavy atom. The Morgan fingerprint density at radius 1 is 1.30 bits per heavy atom. The molecule has 1 aliphatic carbocycles. The molecule has 0 aliphatic heterocycles. The first kappa shape index (κ1) is 16.3. The number of nitrogens with one attached hydrogen (secondary N) is 1. The monoisotopic (exact) mass is 336 g/mol. The fourth-order valence-electron chi connectivity index (χ4n) is 3.51. The van der Waals surface area contributed by atoms with E-state index in [1.165, 1.54) is 50.7 Å². The summed E-state index contributed by atoms with van der Waals surface area (Å²) in [6, 6.07) is 2.66. The van der Waals surface area contributed by atoms with Crippen LogP contribution in [-0.2, 0) is 7.05 Å². The molecule has 0 radical (unpaired) electrons. The molecule has 1 aromatic carbocycles. The van der Waals surface area contributed by atoms with Crippen molar-refractivity contribution < 1.29 is 9.18 Å². The summed E-state index contributed by atoms with van der Waals surface area (Å²) in [6.45, 7) is 0.702. The molecule has 0 atom stereocenters. The molecule has 3 rings (SSSR count). The Kier molecular flexibility index (Phi) is 4.90. The number of rotatable bonds is 3. The molecular formula is C18H22ClFN2O.